The number of carbonyl (C=O) groups excluding carboxylic acids is 2. The largest absolute Gasteiger partial charge is 0.464 e. The molecule has 1 aliphatic heterocycles. The van der Waals surface area contributed by atoms with Crippen molar-refractivity contribution < 1.29 is 14.3 Å². The van der Waals surface area contributed by atoms with Crippen molar-refractivity contribution in [2.45, 2.75) is 37.0 Å². The first-order valence-electron chi connectivity index (χ1n) is 7.86. The van der Waals surface area contributed by atoms with Crippen LogP contribution in [0.15, 0.2) is 29.2 Å². The molecule has 1 unspecified atom stereocenters. The fraction of sp³-hybridized carbons (Fsp3) is 0.353. The summed E-state index contributed by atoms with van der Waals surface area (Å²) in [4.78, 5) is 25.1. The van der Waals surface area contributed by atoms with E-state index >= 15 is 0 Å². The van der Waals surface area contributed by atoms with E-state index in [1.807, 2.05) is 26.0 Å². The average Bonchev–Trinajstić information content (AvgIpc) is 2.86. The highest BCUT2D eigenvalue weighted by molar-refractivity contribution is 8.01. The minimum Gasteiger partial charge on any atom is -0.464 e. The highest BCUT2D eigenvalue weighted by atomic mass is 35.5. The molecule has 1 aromatic heterocycles. The van der Waals surface area contributed by atoms with Gasteiger partial charge in [-0.25, -0.2) is 0 Å². The Morgan fingerprint density at radius 1 is 1.40 bits per heavy atom. The van der Waals surface area contributed by atoms with Crippen molar-refractivity contribution in [3.8, 4) is 0 Å². The lowest BCUT2D eigenvalue weighted by molar-refractivity contribution is -0.144. The number of halogens is 1. The van der Waals surface area contributed by atoms with Crippen LogP contribution in [0.25, 0.3) is 0 Å². The van der Waals surface area contributed by atoms with Gasteiger partial charge in [-0.3, -0.25) is 14.3 Å². The third kappa shape index (κ3) is 4.35. The second-order valence-electron chi connectivity index (χ2n) is 5.81. The Morgan fingerprint density at radius 2 is 2.20 bits per heavy atom. The number of carbonyl (C=O) groups is 2. The van der Waals surface area contributed by atoms with Crippen molar-refractivity contribution in [2.75, 3.05) is 11.9 Å². The number of ether oxygens (including phenoxy) is 1. The molecular formula is C17H18ClN3O3S. The van der Waals surface area contributed by atoms with Gasteiger partial charge in [0.15, 0.2) is 0 Å². The summed E-state index contributed by atoms with van der Waals surface area (Å²) >= 11 is 7.27. The zero-order valence-corrected chi connectivity index (χ0v) is 15.5. The molecule has 0 fully saturated rings. The fourth-order valence-corrected chi connectivity index (χ4v) is 3.86. The third-order valence-electron chi connectivity index (χ3n) is 3.78. The van der Waals surface area contributed by atoms with Crippen LogP contribution < -0.4 is 5.32 Å². The Kier molecular flexibility index (Phi) is 5.34. The number of esters is 1. The van der Waals surface area contributed by atoms with E-state index in [1.165, 1.54) is 11.8 Å². The van der Waals surface area contributed by atoms with Gasteiger partial charge >= 0.3 is 5.97 Å². The molecule has 0 bridgehead atoms. The van der Waals surface area contributed by atoms with Crippen molar-refractivity contribution in [1.82, 2.24) is 9.78 Å². The van der Waals surface area contributed by atoms with Crippen LogP contribution in [0.2, 0.25) is 5.02 Å². The van der Waals surface area contributed by atoms with Gasteiger partial charge in [0.25, 0.3) is 0 Å². The number of benzene rings is 1. The molecule has 1 atom stereocenters. The molecule has 1 amide bonds. The third-order valence-corrected chi connectivity index (χ3v) is 5.29. The molecular weight excluding hydrogens is 362 g/mol. The maximum Gasteiger partial charge on any atom is 0.307 e. The molecule has 3 rings (SSSR count). The van der Waals surface area contributed by atoms with Crippen LogP contribution in [0.1, 0.15) is 17.8 Å². The smallest absolute Gasteiger partial charge is 0.307 e. The van der Waals surface area contributed by atoms with Crippen LogP contribution in [-0.4, -0.2) is 33.5 Å². The molecule has 2 aromatic rings. The van der Waals surface area contributed by atoms with Gasteiger partial charge in [-0.1, -0.05) is 11.6 Å². The zero-order chi connectivity index (χ0) is 18.0. The minimum atomic E-state index is -0.505. The number of amides is 1. The summed E-state index contributed by atoms with van der Waals surface area (Å²) in [5.74, 6) is -0.609. The zero-order valence-electron chi connectivity index (χ0n) is 13.9. The van der Waals surface area contributed by atoms with Crippen LogP contribution in [0.4, 0.5) is 5.69 Å². The van der Waals surface area contributed by atoms with Gasteiger partial charge in [0.2, 0.25) is 5.91 Å². The lowest BCUT2D eigenvalue weighted by Crippen LogP contribution is -2.31. The maximum absolute atomic E-state index is 12.1. The van der Waals surface area contributed by atoms with E-state index in [4.69, 9.17) is 16.3 Å². The second kappa shape index (κ2) is 7.49. The van der Waals surface area contributed by atoms with Crippen molar-refractivity contribution >= 4 is 40.9 Å². The van der Waals surface area contributed by atoms with E-state index in [0.29, 0.717) is 17.3 Å². The molecule has 1 aliphatic rings. The van der Waals surface area contributed by atoms with Gasteiger partial charge in [-0.15, -0.1) is 11.8 Å². The first-order chi connectivity index (χ1) is 11.9. The number of anilines is 1. The number of fused-ring (bicyclic) bond motifs is 1. The predicted molar refractivity (Wildman–Crippen MR) is 97.0 cm³/mol. The fourth-order valence-electron chi connectivity index (χ4n) is 2.61. The van der Waals surface area contributed by atoms with Crippen LogP contribution >= 0.6 is 23.4 Å². The van der Waals surface area contributed by atoms with Crippen LogP contribution in [0, 0.1) is 13.8 Å². The lowest BCUT2D eigenvalue weighted by Gasteiger charge is -2.23. The standard InChI is InChI=1S/C17H18ClN3O3S/c1-10-7-11(2)21(20-10)5-6-24-16(22)9-15-17(23)19-13-8-12(18)3-4-14(13)25-15/h3-4,7-8,15H,5-6,9H2,1-2H3,(H,19,23). The summed E-state index contributed by atoms with van der Waals surface area (Å²) in [6.07, 6.45) is 0.0235. The summed E-state index contributed by atoms with van der Waals surface area (Å²) in [6, 6.07) is 7.26. The molecule has 0 saturated heterocycles. The van der Waals surface area contributed by atoms with Crippen LogP contribution in [-0.2, 0) is 20.9 Å². The van der Waals surface area contributed by atoms with Crippen molar-refractivity contribution in [2.24, 2.45) is 0 Å². The number of hydrogen-bond acceptors (Lipinski definition) is 5. The van der Waals surface area contributed by atoms with E-state index in [9.17, 15) is 9.59 Å². The highest BCUT2D eigenvalue weighted by Crippen LogP contribution is 2.38. The molecule has 1 aromatic carbocycles. The van der Waals surface area contributed by atoms with Gasteiger partial charge in [0.1, 0.15) is 6.61 Å². The topological polar surface area (TPSA) is 73.2 Å². The number of rotatable bonds is 5. The first-order valence-corrected chi connectivity index (χ1v) is 9.12. The molecule has 0 aliphatic carbocycles. The number of aromatic nitrogens is 2. The van der Waals surface area contributed by atoms with E-state index in [0.717, 1.165) is 16.3 Å². The Balaban J connectivity index is 1.52. The Hall–Kier alpha value is -1.99. The molecule has 25 heavy (non-hydrogen) atoms. The van der Waals surface area contributed by atoms with Crippen molar-refractivity contribution in [1.29, 1.82) is 0 Å². The van der Waals surface area contributed by atoms with E-state index < -0.39 is 11.2 Å². The molecule has 0 spiro atoms. The van der Waals surface area contributed by atoms with Gasteiger partial charge < -0.3 is 10.1 Å². The number of nitrogens with zero attached hydrogens (tertiary/aromatic N) is 2. The molecule has 2 heterocycles. The monoisotopic (exact) mass is 379 g/mol. The molecule has 6 nitrogen and oxygen atoms in total. The number of aryl methyl sites for hydroxylation is 2. The van der Waals surface area contributed by atoms with Gasteiger partial charge in [0, 0.05) is 15.6 Å². The SMILES string of the molecule is Cc1cc(C)n(CCOC(=O)CC2Sc3ccc(Cl)cc3NC2=O)n1. The Labute approximate surface area is 154 Å². The van der Waals surface area contributed by atoms with E-state index in [1.54, 1.807) is 16.8 Å². The summed E-state index contributed by atoms with van der Waals surface area (Å²) < 4.78 is 7.05. The number of thioether (sulfide) groups is 1. The summed E-state index contributed by atoms with van der Waals surface area (Å²) in [5, 5.41) is 7.15. The minimum absolute atomic E-state index is 0.0235. The van der Waals surface area contributed by atoms with E-state index in [-0.39, 0.29) is 18.9 Å². The Bertz CT molecular complexity index is 821. The van der Waals surface area contributed by atoms with Gasteiger partial charge in [-0.2, -0.15) is 5.10 Å². The summed E-state index contributed by atoms with van der Waals surface area (Å²) in [7, 11) is 0. The Morgan fingerprint density at radius 3 is 2.92 bits per heavy atom. The number of hydrogen-bond donors (Lipinski definition) is 1. The predicted octanol–water partition coefficient (Wildman–Crippen LogP) is 3.20. The summed E-state index contributed by atoms with van der Waals surface area (Å²) in [6.45, 7) is 4.59. The first kappa shape index (κ1) is 17.8. The van der Waals surface area contributed by atoms with Crippen molar-refractivity contribution in [3.05, 3.63) is 40.7 Å². The molecule has 132 valence electrons. The number of nitrogens with one attached hydrogen (secondary N) is 1. The van der Waals surface area contributed by atoms with Gasteiger partial charge in [0.05, 0.1) is 29.6 Å². The normalized spacial score (nSPS) is 16.3. The average molecular weight is 380 g/mol. The molecule has 0 radical (unpaired) electrons. The van der Waals surface area contributed by atoms with Crippen LogP contribution in [0.3, 0.4) is 0 Å². The quantitative estimate of drug-likeness (QED) is 0.807. The molecule has 1 N–H and O–H groups in total. The second-order valence-corrected chi connectivity index (χ2v) is 7.49. The summed E-state index contributed by atoms with van der Waals surface area (Å²) in [5.41, 5.74) is 2.63. The van der Waals surface area contributed by atoms with Gasteiger partial charge in [-0.05, 0) is 38.1 Å². The lowest BCUT2D eigenvalue weighted by atomic mass is 10.2. The highest BCUT2D eigenvalue weighted by Gasteiger charge is 2.29. The van der Waals surface area contributed by atoms with Crippen LogP contribution in [0.5, 0.6) is 0 Å². The molecule has 8 heteroatoms. The van der Waals surface area contributed by atoms with Crippen molar-refractivity contribution in [3.63, 3.8) is 0 Å². The van der Waals surface area contributed by atoms with E-state index in [2.05, 4.69) is 10.4 Å². The maximum atomic E-state index is 12.1. The molecule has 0 saturated carbocycles.